The highest BCUT2D eigenvalue weighted by molar-refractivity contribution is 5.76. The number of rotatable bonds is 4. The number of carbonyl (C=O) groups excluding carboxylic acids is 1. The SMILES string of the molecule is CCCCC(=O)N1CCCN(c2ccc(N)cn2)CC1. The van der Waals surface area contributed by atoms with Gasteiger partial charge in [-0.15, -0.1) is 0 Å². The Labute approximate surface area is 120 Å². The van der Waals surface area contributed by atoms with E-state index in [-0.39, 0.29) is 0 Å². The molecule has 1 fully saturated rings. The molecule has 5 nitrogen and oxygen atoms in total. The Morgan fingerprint density at radius 2 is 2.15 bits per heavy atom. The Bertz CT molecular complexity index is 432. The number of nitrogens with zero attached hydrogens (tertiary/aromatic N) is 3. The van der Waals surface area contributed by atoms with Crippen molar-refractivity contribution >= 4 is 17.4 Å². The van der Waals surface area contributed by atoms with Crippen LogP contribution in [0.15, 0.2) is 18.3 Å². The number of hydrogen-bond donors (Lipinski definition) is 1. The molecule has 20 heavy (non-hydrogen) atoms. The van der Waals surface area contributed by atoms with Crippen molar-refractivity contribution in [2.75, 3.05) is 36.8 Å². The lowest BCUT2D eigenvalue weighted by Crippen LogP contribution is -2.35. The van der Waals surface area contributed by atoms with E-state index in [2.05, 4.69) is 16.8 Å². The highest BCUT2D eigenvalue weighted by Gasteiger charge is 2.19. The second kappa shape index (κ2) is 7.12. The highest BCUT2D eigenvalue weighted by atomic mass is 16.2. The van der Waals surface area contributed by atoms with Crippen molar-refractivity contribution in [2.24, 2.45) is 0 Å². The van der Waals surface area contributed by atoms with Crippen molar-refractivity contribution in [3.63, 3.8) is 0 Å². The summed E-state index contributed by atoms with van der Waals surface area (Å²) in [5.74, 6) is 1.24. The normalized spacial score (nSPS) is 16.1. The van der Waals surface area contributed by atoms with Crippen molar-refractivity contribution in [3.8, 4) is 0 Å². The molecule has 1 aliphatic heterocycles. The molecule has 2 N–H and O–H groups in total. The van der Waals surface area contributed by atoms with Gasteiger partial charge in [-0.1, -0.05) is 13.3 Å². The lowest BCUT2D eigenvalue weighted by Gasteiger charge is -2.23. The van der Waals surface area contributed by atoms with E-state index >= 15 is 0 Å². The summed E-state index contributed by atoms with van der Waals surface area (Å²) in [6.45, 7) is 5.54. The molecule has 0 spiro atoms. The maximum atomic E-state index is 12.1. The fourth-order valence-electron chi connectivity index (χ4n) is 2.47. The van der Waals surface area contributed by atoms with Crippen LogP contribution in [0.3, 0.4) is 0 Å². The van der Waals surface area contributed by atoms with Gasteiger partial charge >= 0.3 is 0 Å². The number of nitrogen functional groups attached to an aromatic ring is 1. The van der Waals surface area contributed by atoms with Gasteiger partial charge < -0.3 is 15.5 Å². The van der Waals surface area contributed by atoms with Gasteiger partial charge in [-0.25, -0.2) is 4.98 Å². The van der Waals surface area contributed by atoms with Gasteiger partial charge in [0.05, 0.1) is 11.9 Å². The number of anilines is 2. The van der Waals surface area contributed by atoms with Gasteiger partial charge in [0.2, 0.25) is 5.91 Å². The van der Waals surface area contributed by atoms with Crippen LogP contribution in [0.4, 0.5) is 11.5 Å². The molecule has 0 unspecified atom stereocenters. The van der Waals surface area contributed by atoms with Crippen molar-refractivity contribution in [1.29, 1.82) is 0 Å². The van der Waals surface area contributed by atoms with Gasteiger partial charge in [-0.3, -0.25) is 4.79 Å². The molecule has 0 radical (unpaired) electrons. The van der Waals surface area contributed by atoms with E-state index in [4.69, 9.17) is 5.73 Å². The first kappa shape index (κ1) is 14.6. The van der Waals surface area contributed by atoms with Crippen LogP contribution < -0.4 is 10.6 Å². The number of amides is 1. The molecule has 0 atom stereocenters. The van der Waals surface area contributed by atoms with Gasteiger partial charge in [0, 0.05) is 32.6 Å². The molecule has 0 aliphatic carbocycles. The van der Waals surface area contributed by atoms with Crippen molar-refractivity contribution in [3.05, 3.63) is 18.3 Å². The fraction of sp³-hybridized carbons (Fsp3) is 0.600. The molecule has 1 amide bonds. The molecule has 1 saturated heterocycles. The standard InChI is InChI=1S/C15H24N4O/c1-2-3-5-15(20)19-9-4-8-18(10-11-19)14-7-6-13(16)12-17-14/h6-7,12H,2-5,8-11,16H2,1H3. The summed E-state index contributed by atoms with van der Waals surface area (Å²) in [6, 6.07) is 3.82. The van der Waals surface area contributed by atoms with Crippen LogP contribution >= 0.6 is 0 Å². The molecular formula is C15H24N4O. The van der Waals surface area contributed by atoms with Crippen LogP contribution in [0.5, 0.6) is 0 Å². The quantitative estimate of drug-likeness (QED) is 0.912. The van der Waals surface area contributed by atoms with Gasteiger partial charge in [0.25, 0.3) is 0 Å². The van der Waals surface area contributed by atoms with E-state index < -0.39 is 0 Å². The van der Waals surface area contributed by atoms with Crippen molar-refractivity contribution in [1.82, 2.24) is 9.88 Å². The van der Waals surface area contributed by atoms with Gasteiger partial charge in [0.15, 0.2) is 0 Å². The van der Waals surface area contributed by atoms with E-state index in [0.29, 0.717) is 18.0 Å². The molecule has 110 valence electrons. The Balaban J connectivity index is 1.91. The largest absolute Gasteiger partial charge is 0.397 e. The Morgan fingerprint density at radius 1 is 1.30 bits per heavy atom. The topological polar surface area (TPSA) is 62.5 Å². The summed E-state index contributed by atoms with van der Waals surface area (Å²) >= 11 is 0. The summed E-state index contributed by atoms with van der Waals surface area (Å²) < 4.78 is 0. The van der Waals surface area contributed by atoms with Crippen LogP contribution in [0, 0.1) is 0 Å². The molecular weight excluding hydrogens is 252 g/mol. The first-order valence-corrected chi connectivity index (χ1v) is 7.45. The number of hydrogen-bond acceptors (Lipinski definition) is 4. The zero-order valence-electron chi connectivity index (χ0n) is 12.2. The zero-order chi connectivity index (χ0) is 14.4. The minimum Gasteiger partial charge on any atom is -0.397 e. The van der Waals surface area contributed by atoms with E-state index in [1.165, 1.54) is 0 Å². The number of pyridine rings is 1. The first-order chi connectivity index (χ1) is 9.70. The highest BCUT2D eigenvalue weighted by Crippen LogP contribution is 2.15. The van der Waals surface area contributed by atoms with Crippen molar-refractivity contribution in [2.45, 2.75) is 32.6 Å². The zero-order valence-corrected chi connectivity index (χ0v) is 12.2. The maximum absolute atomic E-state index is 12.1. The molecule has 2 rings (SSSR count). The summed E-state index contributed by atoms with van der Waals surface area (Å²) in [5, 5.41) is 0. The number of aromatic nitrogens is 1. The average molecular weight is 276 g/mol. The van der Waals surface area contributed by atoms with Gasteiger partial charge in [-0.05, 0) is 25.0 Å². The predicted octanol–water partition coefficient (Wildman–Crippen LogP) is 1.89. The molecule has 2 heterocycles. The minimum atomic E-state index is 0.291. The minimum absolute atomic E-state index is 0.291. The monoisotopic (exact) mass is 276 g/mol. The molecule has 0 saturated carbocycles. The Morgan fingerprint density at radius 3 is 2.85 bits per heavy atom. The maximum Gasteiger partial charge on any atom is 0.222 e. The van der Waals surface area contributed by atoms with E-state index in [0.717, 1.165) is 51.3 Å². The van der Waals surface area contributed by atoms with E-state index in [1.807, 2.05) is 17.0 Å². The van der Waals surface area contributed by atoms with Crippen LogP contribution in [-0.2, 0) is 4.79 Å². The Kier molecular flexibility index (Phi) is 5.21. The van der Waals surface area contributed by atoms with Gasteiger partial charge in [0.1, 0.15) is 5.82 Å². The average Bonchev–Trinajstić information content (AvgIpc) is 2.71. The third-order valence-electron chi connectivity index (χ3n) is 3.69. The smallest absolute Gasteiger partial charge is 0.222 e. The second-order valence-corrected chi connectivity index (χ2v) is 5.27. The van der Waals surface area contributed by atoms with Crippen molar-refractivity contribution < 1.29 is 4.79 Å². The Hall–Kier alpha value is -1.78. The second-order valence-electron chi connectivity index (χ2n) is 5.27. The molecule has 0 aromatic carbocycles. The first-order valence-electron chi connectivity index (χ1n) is 7.45. The van der Waals surface area contributed by atoms with Crippen LogP contribution in [0.2, 0.25) is 0 Å². The summed E-state index contributed by atoms with van der Waals surface area (Å²) in [7, 11) is 0. The fourth-order valence-corrected chi connectivity index (χ4v) is 2.47. The molecule has 1 aromatic rings. The third kappa shape index (κ3) is 3.85. The van der Waals surface area contributed by atoms with E-state index in [1.54, 1.807) is 6.20 Å². The lowest BCUT2D eigenvalue weighted by molar-refractivity contribution is -0.131. The molecule has 0 bridgehead atoms. The number of unbranched alkanes of at least 4 members (excludes halogenated alkanes) is 1. The number of carbonyl (C=O) groups is 1. The van der Waals surface area contributed by atoms with Crippen LogP contribution in [-0.4, -0.2) is 42.0 Å². The third-order valence-corrected chi connectivity index (χ3v) is 3.69. The summed E-state index contributed by atoms with van der Waals surface area (Å²) in [4.78, 5) is 20.7. The lowest BCUT2D eigenvalue weighted by atomic mass is 10.2. The summed E-state index contributed by atoms with van der Waals surface area (Å²) in [5.41, 5.74) is 6.34. The van der Waals surface area contributed by atoms with Crippen LogP contribution in [0.1, 0.15) is 32.6 Å². The summed E-state index contributed by atoms with van der Waals surface area (Å²) in [6.07, 6.45) is 5.41. The number of nitrogens with two attached hydrogens (primary N) is 1. The van der Waals surface area contributed by atoms with Gasteiger partial charge in [-0.2, -0.15) is 0 Å². The molecule has 1 aliphatic rings. The molecule has 5 heteroatoms. The van der Waals surface area contributed by atoms with Crippen LogP contribution in [0.25, 0.3) is 0 Å². The molecule has 1 aromatic heterocycles. The van der Waals surface area contributed by atoms with E-state index in [9.17, 15) is 4.79 Å². The predicted molar refractivity (Wildman–Crippen MR) is 81.6 cm³/mol.